The number of hydrogen-bond acceptors (Lipinski definition) is 5. The molecule has 0 spiro atoms. The van der Waals surface area contributed by atoms with Crippen LogP contribution in [0.2, 0.25) is 0 Å². The maximum atomic E-state index is 12.1. The predicted octanol–water partition coefficient (Wildman–Crippen LogP) is 3.53. The molecule has 126 valence electrons. The van der Waals surface area contributed by atoms with Crippen LogP contribution in [-0.2, 0) is 14.3 Å². The Morgan fingerprint density at radius 2 is 1.78 bits per heavy atom. The van der Waals surface area contributed by atoms with Gasteiger partial charge in [-0.1, -0.05) is 6.58 Å². The zero-order chi connectivity index (χ0) is 17.6. The number of esters is 2. The summed E-state index contributed by atoms with van der Waals surface area (Å²) in [6.07, 6.45) is -0.705. The van der Waals surface area contributed by atoms with E-state index in [4.69, 9.17) is 9.47 Å². The van der Waals surface area contributed by atoms with Crippen LogP contribution in [0.25, 0.3) is 0 Å². The summed E-state index contributed by atoms with van der Waals surface area (Å²) in [4.78, 5) is 23.3. The second-order valence-corrected chi connectivity index (χ2v) is 8.27. The summed E-state index contributed by atoms with van der Waals surface area (Å²) in [6, 6.07) is 3.76. The van der Waals surface area contributed by atoms with Gasteiger partial charge in [-0.3, -0.25) is 0 Å². The van der Waals surface area contributed by atoms with Crippen molar-refractivity contribution in [3.63, 3.8) is 0 Å². The van der Waals surface area contributed by atoms with Crippen LogP contribution in [-0.4, -0.2) is 36.4 Å². The van der Waals surface area contributed by atoms with Crippen LogP contribution in [0.5, 0.6) is 0 Å². The predicted molar refractivity (Wildman–Crippen MR) is 111 cm³/mol. The Morgan fingerprint density at radius 3 is 2.30 bits per heavy atom. The lowest BCUT2D eigenvalue weighted by Gasteiger charge is -2.13. The molecule has 8 heteroatoms. The van der Waals surface area contributed by atoms with Gasteiger partial charge in [0.05, 0.1) is 18.3 Å². The van der Waals surface area contributed by atoms with Gasteiger partial charge in [-0.2, -0.15) is 0 Å². The molecular weight excluding hydrogens is 641 g/mol. The van der Waals surface area contributed by atoms with Gasteiger partial charge in [0.25, 0.3) is 0 Å². The van der Waals surface area contributed by atoms with Crippen molar-refractivity contribution >= 4 is 79.7 Å². The molecule has 1 aromatic rings. The van der Waals surface area contributed by atoms with Crippen molar-refractivity contribution in [2.45, 2.75) is 19.4 Å². The standard InChI is InChI=1S/C15H15I3O5/c1-8(2)14(20)22-4-3-10(19)7-23-15(21)13-11(17)5-9(16)6-12(13)18/h5-6,10,19H,1,3-4,7H2,2H3. The van der Waals surface area contributed by atoms with E-state index in [1.807, 2.05) is 12.1 Å². The highest BCUT2D eigenvalue weighted by Gasteiger charge is 2.18. The van der Waals surface area contributed by atoms with Gasteiger partial charge in [0, 0.05) is 22.7 Å². The molecule has 0 saturated carbocycles. The fraction of sp³-hybridized carbons (Fsp3) is 0.333. The third-order valence-corrected chi connectivity index (χ3v) is 4.97. The maximum absolute atomic E-state index is 12.1. The van der Waals surface area contributed by atoms with E-state index in [0.29, 0.717) is 11.1 Å². The molecular formula is C15H15I3O5. The average Bonchev–Trinajstić information content (AvgIpc) is 2.43. The van der Waals surface area contributed by atoms with Gasteiger partial charge < -0.3 is 14.6 Å². The van der Waals surface area contributed by atoms with Gasteiger partial charge in [-0.05, 0) is 86.8 Å². The van der Waals surface area contributed by atoms with Crippen molar-refractivity contribution < 1.29 is 24.2 Å². The lowest BCUT2D eigenvalue weighted by molar-refractivity contribution is -0.139. The maximum Gasteiger partial charge on any atom is 0.340 e. The lowest BCUT2D eigenvalue weighted by atomic mass is 10.2. The largest absolute Gasteiger partial charge is 0.462 e. The molecule has 1 aromatic carbocycles. The molecule has 23 heavy (non-hydrogen) atoms. The Morgan fingerprint density at radius 1 is 1.22 bits per heavy atom. The minimum absolute atomic E-state index is 0.0447. The quantitative estimate of drug-likeness (QED) is 0.277. The molecule has 0 heterocycles. The van der Waals surface area contributed by atoms with Crippen LogP contribution in [0.3, 0.4) is 0 Å². The van der Waals surface area contributed by atoms with Gasteiger partial charge in [0.1, 0.15) is 6.61 Å². The van der Waals surface area contributed by atoms with Crippen LogP contribution in [0, 0.1) is 10.7 Å². The number of halogens is 3. The number of aliphatic hydroxyl groups is 1. The molecule has 0 bridgehead atoms. The SMILES string of the molecule is C=C(C)C(=O)OCCC(O)COC(=O)c1c(I)cc(I)cc1I. The van der Waals surface area contributed by atoms with Gasteiger partial charge in [0.2, 0.25) is 0 Å². The molecule has 0 aliphatic carbocycles. The minimum atomic E-state index is -0.893. The van der Waals surface area contributed by atoms with E-state index in [1.54, 1.807) is 6.92 Å². The number of carbonyl (C=O) groups excluding carboxylic acids is 2. The van der Waals surface area contributed by atoms with Crippen molar-refractivity contribution in [1.82, 2.24) is 0 Å². The van der Waals surface area contributed by atoms with Gasteiger partial charge in [-0.15, -0.1) is 0 Å². The van der Waals surface area contributed by atoms with Crippen LogP contribution < -0.4 is 0 Å². The molecule has 1 rings (SSSR count). The number of rotatable bonds is 7. The number of ether oxygens (including phenoxy) is 2. The summed E-state index contributed by atoms with van der Waals surface area (Å²) in [5, 5.41) is 9.78. The summed E-state index contributed by atoms with van der Waals surface area (Å²) in [7, 11) is 0. The van der Waals surface area contributed by atoms with E-state index >= 15 is 0 Å². The highest BCUT2D eigenvalue weighted by molar-refractivity contribution is 14.1. The van der Waals surface area contributed by atoms with Crippen LogP contribution in [0.15, 0.2) is 24.3 Å². The normalized spacial score (nSPS) is 11.7. The number of benzene rings is 1. The van der Waals surface area contributed by atoms with Crippen molar-refractivity contribution in [3.05, 3.63) is 40.6 Å². The molecule has 0 aliphatic rings. The summed E-state index contributed by atoms with van der Waals surface area (Å²) >= 11 is 6.34. The van der Waals surface area contributed by atoms with Crippen molar-refractivity contribution in [2.24, 2.45) is 0 Å². The summed E-state index contributed by atoms with van der Waals surface area (Å²) in [6.45, 7) is 4.90. The fourth-order valence-corrected chi connectivity index (χ4v) is 5.50. The summed E-state index contributed by atoms with van der Waals surface area (Å²) < 4.78 is 12.6. The number of carbonyl (C=O) groups is 2. The monoisotopic (exact) mass is 656 g/mol. The van der Waals surface area contributed by atoms with Crippen molar-refractivity contribution in [1.29, 1.82) is 0 Å². The van der Waals surface area contributed by atoms with E-state index in [2.05, 4.69) is 74.4 Å². The first-order valence-corrected chi connectivity index (χ1v) is 9.78. The van der Waals surface area contributed by atoms with E-state index < -0.39 is 18.0 Å². The van der Waals surface area contributed by atoms with E-state index in [9.17, 15) is 14.7 Å². The topological polar surface area (TPSA) is 72.8 Å². The Bertz CT molecular complexity index is 592. The first kappa shape index (κ1) is 21.1. The van der Waals surface area contributed by atoms with E-state index in [-0.39, 0.29) is 19.6 Å². The minimum Gasteiger partial charge on any atom is -0.462 e. The second-order valence-electron chi connectivity index (χ2n) is 4.70. The summed E-state index contributed by atoms with van der Waals surface area (Å²) in [5.41, 5.74) is 0.793. The molecule has 0 fully saturated rings. The Kier molecular flexibility index (Phi) is 9.29. The molecule has 0 aliphatic heterocycles. The first-order valence-electron chi connectivity index (χ1n) is 6.54. The first-order chi connectivity index (χ1) is 10.7. The average molecular weight is 656 g/mol. The number of aliphatic hydroxyl groups excluding tert-OH is 1. The molecule has 1 atom stereocenters. The van der Waals surface area contributed by atoms with Gasteiger partial charge >= 0.3 is 11.9 Å². The molecule has 5 nitrogen and oxygen atoms in total. The van der Waals surface area contributed by atoms with Gasteiger partial charge in [0.15, 0.2) is 0 Å². The highest BCUT2D eigenvalue weighted by atomic mass is 127. The van der Waals surface area contributed by atoms with Crippen molar-refractivity contribution in [3.8, 4) is 0 Å². The lowest BCUT2D eigenvalue weighted by Crippen LogP contribution is -2.22. The number of hydrogen-bond donors (Lipinski definition) is 1. The Balaban J connectivity index is 2.47. The molecule has 0 aromatic heterocycles. The molecule has 1 N–H and O–H groups in total. The van der Waals surface area contributed by atoms with Gasteiger partial charge in [-0.25, -0.2) is 9.59 Å². The van der Waals surface area contributed by atoms with E-state index in [1.165, 1.54) is 0 Å². The molecule has 0 saturated heterocycles. The Hall–Kier alpha value is 0.0500. The third kappa shape index (κ3) is 7.22. The summed E-state index contributed by atoms with van der Waals surface area (Å²) in [5.74, 6) is -0.981. The van der Waals surface area contributed by atoms with Crippen molar-refractivity contribution in [2.75, 3.05) is 13.2 Å². The zero-order valence-corrected chi connectivity index (χ0v) is 18.7. The van der Waals surface area contributed by atoms with Crippen LogP contribution >= 0.6 is 67.8 Å². The van der Waals surface area contributed by atoms with Crippen LogP contribution in [0.4, 0.5) is 0 Å². The fourth-order valence-electron chi connectivity index (χ4n) is 1.48. The highest BCUT2D eigenvalue weighted by Crippen LogP contribution is 2.23. The smallest absolute Gasteiger partial charge is 0.340 e. The molecule has 1 unspecified atom stereocenters. The third-order valence-electron chi connectivity index (χ3n) is 2.65. The Labute approximate surface area is 175 Å². The second kappa shape index (κ2) is 10.1. The van der Waals surface area contributed by atoms with Crippen LogP contribution in [0.1, 0.15) is 23.7 Å². The molecule has 0 amide bonds. The zero-order valence-electron chi connectivity index (χ0n) is 12.3. The molecule has 0 radical (unpaired) electrons. The van der Waals surface area contributed by atoms with E-state index in [0.717, 1.165) is 10.7 Å².